The van der Waals surface area contributed by atoms with Gasteiger partial charge in [-0.1, -0.05) is 158 Å². The summed E-state index contributed by atoms with van der Waals surface area (Å²) < 4.78 is 6.95. The Labute approximate surface area is 288 Å². The summed E-state index contributed by atoms with van der Waals surface area (Å²) in [6, 6.07) is 57.6. The lowest BCUT2D eigenvalue weighted by atomic mass is 9.70. The highest BCUT2D eigenvalue weighted by atomic mass is 16.3. The summed E-state index contributed by atoms with van der Waals surface area (Å²) in [5.74, 6) is 1.88. The highest BCUT2D eigenvalue weighted by Gasteiger charge is 2.52. The quantitative estimate of drug-likeness (QED) is 0.193. The van der Waals surface area contributed by atoms with Crippen molar-refractivity contribution >= 4 is 21.9 Å². The smallest absolute Gasteiger partial charge is 0.164 e. The number of nitrogens with zero attached hydrogens (tertiary/aromatic N) is 3. The van der Waals surface area contributed by atoms with Crippen LogP contribution in [0.5, 0.6) is 0 Å². The summed E-state index contributed by atoms with van der Waals surface area (Å²) in [6.45, 7) is 0. The van der Waals surface area contributed by atoms with Crippen molar-refractivity contribution in [1.29, 1.82) is 0 Å². The van der Waals surface area contributed by atoms with E-state index in [-0.39, 0.29) is 0 Å². The van der Waals surface area contributed by atoms with Gasteiger partial charge in [0.05, 0.1) is 5.41 Å². The van der Waals surface area contributed by atoms with E-state index in [9.17, 15) is 0 Å². The highest BCUT2D eigenvalue weighted by Crippen LogP contribution is 2.64. The average molecular weight is 638 g/mol. The fourth-order valence-corrected chi connectivity index (χ4v) is 8.57. The van der Waals surface area contributed by atoms with Gasteiger partial charge in [0, 0.05) is 33.0 Å². The first kappa shape index (κ1) is 27.3. The second-order valence-electron chi connectivity index (χ2n) is 13.1. The maximum Gasteiger partial charge on any atom is 0.164 e. The number of furan rings is 1. The zero-order chi connectivity index (χ0) is 32.8. The molecule has 50 heavy (non-hydrogen) atoms. The molecular formula is C46H27N3O. The Morgan fingerprint density at radius 3 is 1.50 bits per heavy atom. The largest absolute Gasteiger partial charge is 0.455 e. The maximum absolute atomic E-state index is 6.95. The van der Waals surface area contributed by atoms with Crippen molar-refractivity contribution in [3.63, 3.8) is 0 Å². The van der Waals surface area contributed by atoms with Crippen molar-refractivity contribution < 1.29 is 4.42 Å². The molecule has 2 heterocycles. The fraction of sp³-hybridized carbons (Fsp3) is 0.0217. The van der Waals surface area contributed by atoms with E-state index in [4.69, 9.17) is 19.4 Å². The average Bonchev–Trinajstić information content (AvgIpc) is 3.83. The van der Waals surface area contributed by atoms with Gasteiger partial charge in [-0.15, -0.1) is 0 Å². The molecule has 2 aliphatic carbocycles. The van der Waals surface area contributed by atoms with E-state index in [0.29, 0.717) is 17.5 Å². The van der Waals surface area contributed by atoms with E-state index in [1.54, 1.807) is 0 Å². The number of benzene rings is 7. The molecular weight excluding hydrogens is 611 g/mol. The van der Waals surface area contributed by atoms with E-state index in [1.807, 2.05) is 66.7 Å². The number of rotatable bonds is 3. The third kappa shape index (κ3) is 3.57. The number of fused-ring (bicyclic) bond motifs is 14. The van der Waals surface area contributed by atoms with Crippen LogP contribution in [-0.4, -0.2) is 15.0 Å². The van der Waals surface area contributed by atoms with E-state index in [1.165, 1.54) is 38.9 Å². The van der Waals surface area contributed by atoms with E-state index < -0.39 is 5.41 Å². The first-order chi connectivity index (χ1) is 24.8. The Morgan fingerprint density at radius 2 is 0.880 bits per heavy atom. The molecule has 0 fully saturated rings. The summed E-state index contributed by atoms with van der Waals surface area (Å²) in [6.07, 6.45) is 0. The van der Waals surface area contributed by atoms with Crippen molar-refractivity contribution in [2.45, 2.75) is 5.41 Å². The van der Waals surface area contributed by atoms with Crippen LogP contribution in [0.1, 0.15) is 22.3 Å². The molecule has 9 aromatic rings. The van der Waals surface area contributed by atoms with Gasteiger partial charge in [-0.2, -0.15) is 0 Å². The molecule has 0 saturated carbocycles. The second kappa shape index (κ2) is 10.2. The minimum Gasteiger partial charge on any atom is -0.455 e. The summed E-state index contributed by atoms with van der Waals surface area (Å²) in [7, 11) is 0. The van der Waals surface area contributed by atoms with Crippen LogP contribution >= 0.6 is 0 Å². The van der Waals surface area contributed by atoms with Crippen molar-refractivity contribution in [2.75, 3.05) is 0 Å². The molecule has 0 bridgehead atoms. The van der Waals surface area contributed by atoms with Crippen molar-refractivity contribution in [1.82, 2.24) is 15.0 Å². The van der Waals surface area contributed by atoms with Crippen LogP contribution in [-0.2, 0) is 5.41 Å². The molecule has 0 saturated heterocycles. The molecule has 11 rings (SSSR count). The first-order valence-corrected chi connectivity index (χ1v) is 17.0. The van der Waals surface area contributed by atoms with Gasteiger partial charge < -0.3 is 4.42 Å². The lowest BCUT2D eigenvalue weighted by molar-refractivity contribution is 0.669. The minimum absolute atomic E-state index is 0.432. The molecule has 0 aliphatic heterocycles. The Hall–Kier alpha value is -6.65. The highest BCUT2D eigenvalue weighted by molar-refractivity contribution is 6.17. The van der Waals surface area contributed by atoms with Gasteiger partial charge in [0.2, 0.25) is 0 Å². The topological polar surface area (TPSA) is 51.8 Å². The van der Waals surface area contributed by atoms with Crippen LogP contribution < -0.4 is 0 Å². The molecule has 0 atom stereocenters. The van der Waals surface area contributed by atoms with Crippen LogP contribution in [0.2, 0.25) is 0 Å². The van der Waals surface area contributed by atoms with E-state index >= 15 is 0 Å². The van der Waals surface area contributed by atoms with Crippen LogP contribution in [0.15, 0.2) is 168 Å². The summed E-state index contributed by atoms with van der Waals surface area (Å²) in [5, 5.41) is 2.05. The number of aromatic nitrogens is 3. The van der Waals surface area contributed by atoms with Crippen molar-refractivity contribution in [2.24, 2.45) is 0 Å². The molecule has 0 N–H and O–H groups in total. The Balaban J connectivity index is 1.20. The molecule has 2 aliphatic rings. The molecule has 4 nitrogen and oxygen atoms in total. The molecule has 1 spiro atoms. The van der Waals surface area contributed by atoms with Gasteiger partial charge in [-0.25, -0.2) is 15.0 Å². The SMILES string of the molecule is c1ccc(-c2nc(-c3ccccc3)nc(-c3cccc4oc5c6c(ccc5c34)C3(c4ccccc4-c4ccccc43)c3ccccc3-6)n2)cc1. The lowest BCUT2D eigenvalue weighted by Gasteiger charge is -2.30. The first-order valence-electron chi connectivity index (χ1n) is 17.0. The number of hydrogen-bond acceptors (Lipinski definition) is 4. The molecule has 232 valence electrons. The van der Waals surface area contributed by atoms with E-state index in [0.717, 1.165) is 44.2 Å². The van der Waals surface area contributed by atoms with Crippen molar-refractivity contribution in [3.8, 4) is 56.4 Å². The standard InChI is InChI=1S/C46H27N3O/c1-3-14-28(15-4-1)43-47-44(29-16-5-2-6-17-29)49-45(48-43)34-21-13-25-39-40(34)33-26-27-38-41(42(33)50-39)32-20-9-12-24-37(32)46(38)35-22-10-7-18-30(35)31-19-8-11-23-36(31)46/h1-27H. The van der Waals surface area contributed by atoms with Crippen LogP contribution in [0.25, 0.3) is 78.4 Å². The van der Waals surface area contributed by atoms with Gasteiger partial charge in [-0.3, -0.25) is 0 Å². The van der Waals surface area contributed by atoms with Gasteiger partial charge >= 0.3 is 0 Å². The van der Waals surface area contributed by atoms with Gasteiger partial charge in [0.1, 0.15) is 11.2 Å². The summed E-state index contributed by atoms with van der Waals surface area (Å²) in [4.78, 5) is 15.1. The summed E-state index contributed by atoms with van der Waals surface area (Å²) in [5.41, 5.74) is 14.2. The Kier molecular flexibility index (Phi) is 5.56. The van der Waals surface area contributed by atoms with Gasteiger partial charge in [0.15, 0.2) is 17.5 Å². The van der Waals surface area contributed by atoms with Crippen LogP contribution in [0.3, 0.4) is 0 Å². The predicted molar refractivity (Wildman–Crippen MR) is 200 cm³/mol. The fourth-order valence-electron chi connectivity index (χ4n) is 8.57. The maximum atomic E-state index is 6.95. The third-order valence-electron chi connectivity index (χ3n) is 10.6. The summed E-state index contributed by atoms with van der Waals surface area (Å²) >= 11 is 0. The Bertz CT molecular complexity index is 2720. The minimum atomic E-state index is -0.432. The van der Waals surface area contributed by atoms with Crippen molar-refractivity contribution in [3.05, 3.63) is 186 Å². The molecule has 4 heteroatoms. The lowest BCUT2D eigenvalue weighted by Crippen LogP contribution is -2.25. The number of hydrogen-bond donors (Lipinski definition) is 0. The zero-order valence-electron chi connectivity index (χ0n) is 26.8. The van der Waals surface area contributed by atoms with E-state index in [2.05, 4.69) is 97.1 Å². The third-order valence-corrected chi connectivity index (χ3v) is 10.6. The molecule has 0 unspecified atom stereocenters. The molecule has 7 aromatic carbocycles. The molecule has 0 radical (unpaired) electrons. The normalized spacial score (nSPS) is 13.4. The Morgan fingerprint density at radius 1 is 0.380 bits per heavy atom. The zero-order valence-corrected chi connectivity index (χ0v) is 26.8. The molecule has 0 amide bonds. The monoisotopic (exact) mass is 637 g/mol. The second-order valence-corrected chi connectivity index (χ2v) is 13.1. The van der Waals surface area contributed by atoms with Crippen LogP contribution in [0, 0.1) is 0 Å². The predicted octanol–water partition coefficient (Wildman–Crippen LogP) is 11.1. The molecule has 2 aromatic heterocycles. The van der Waals surface area contributed by atoms with Gasteiger partial charge in [0.25, 0.3) is 0 Å². The van der Waals surface area contributed by atoms with Gasteiger partial charge in [-0.05, 0) is 45.0 Å². The van der Waals surface area contributed by atoms with Crippen LogP contribution in [0.4, 0.5) is 0 Å².